The van der Waals surface area contributed by atoms with E-state index in [1.807, 2.05) is 0 Å². The van der Waals surface area contributed by atoms with Crippen LogP contribution >= 0.6 is 23.2 Å². The summed E-state index contributed by atoms with van der Waals surface area (Å²) in [5.41, 5.74) is 1.56. The smallest absolute Gasteiger partial charge is 0.308 e. The molecule has 0 radical (unpaired) electrons. The van der Waals surface area contributed by atoms with E-state index in [1.54, 1.807) is 30.3 Å². The Morgan fingerprint density at radius 1 is 0.794 bits per heavy atom. The highest BCUT2D eigenvalue weighted by atomic mass is 35.5. The molecule has 2 N–H and O–H groups in total. The van der Waals surface area contributed by atoms with Gasteiger partial charge in [-0.2, -0.15) is 13.2 Å². The molecule has 0 atom stereocenters. The third-order valence-corrected chi connectivity index (χ3v) is 4.95. The number of amides is 2. The minimum atomic E-state index is -4.46. The van der Waals surface area contributed by atoms with E-state index in [0.29, 0.717) is 22.6 Å². The zero-order chi connectivity index (χ0) is 24.3. The number of hydrogen-bond donors (Lipinski definition) is 2. The van der Waals surface area contributed by atoms with Crippen LogP contribution in [0.15, 0.2) is 72.9 Å². The van der Waals surface area contributed by atoms with Gasteiger partial charge in [0.25, 0.3) is 0 Å². The Morgan fingerprint density at radius 2 is 1.47 bits per heavy atom. The van der Waals surface area contributed by atoms with Gasteiger partial charge in [-0.05, 0) is 42.5 Å². The summed E-state index contributed by atoms with van der Waals surface area (Å²) < 4.78 is 39.1. The summed E-state index contributed by atoms with van der Waals surface area (Å²) in [6.07, 6.45) is -2.98. The molecule has 2 heterocycles. The van der Waals surface area contributed by atoms with Gasteiger partial charge >= 0.3 is 12.2 Å². The fourth-order valence-corrected chi connectivity index (χ4v) is 3.51. The zero-order valence-electron chi connectivity index (χ0n) is 17.1. The van der Waals surface area contributed by atoms with Crippen LogP contribution in [0.4, 0.5) is 29.3 Å². The third-order valence-electron chi connectivity index (χ3n) is 4.56. The number of aromatic nitrogens is 3. The fraction of sp³-hybridized carbons (Fsp3) is 0.0435. The van der Waals surface area contributed by atoms with E-state index < -0.39 is 17.8 Å². The SMILES string of the molecule is O=C(Nc1ccc(-c2ccnc(-c3cccc(C(F)(F)F)c3)n2)cc1)Nc1cc(Cl)nc(Cl)c1. The molecule has 34 heavy (non-hydrogen) atoms. The molecule has 0 saturated carbocycles. The van der Waals surface area contributed by atoms with Crippen molar-refractivity contribution in [3.63, 3.8) is 0 Å². The average Bonchev–Trinajstić information content (AvgIpc) is 2.78. The number of anilines is 2. The number of alkyl halides is 3. The number of nitrogens with zero attached hydrogens (tertiary/aromatic N) is 3. The van der Waals surface area contributed by atoms with Crippen LogP contribution in [0.25, 0.3) is 22.6 Å². The Bertz CT molecular complexity index is 1330. The molecular weight excluding hydrogens is 490 g/mol. The highest BCUT2D eigenvalue weighted by molar-refractivity contribution is 6.33. The van der Waals surface area contributed by atoms with Crippen LogP contribution in [0.5, 0.6) is 0 Å². The van der Waals surface area contributed by atoms with Gasteiger partial charge in [-0.15, -0.1) is 0 Å². The second-order valence-electron chi connectivity index (χ2n) is 7.00. The summed E-state index contributed by atoms with van der Waals surface area (Å²) in [6, 6.07) is 15.6. The van der Waals surface area contributed by atoms with E-state index in [9.17, 15) is 18.0 Å². The Kier molecular flexibility index (Phi) is 6.67. The first-order valence-electron chi connectivity index (χ1n) is 9.69. The summed E-state index contributed by atoms with van der Waals surface area (Å²) in [5.74, 6) is 0.167. The molecule has 11 heteroatoms. The van der Waals surface area contributed by atoms with E-state index in [1.165, 1.54) is 30.5 Å². The van der Waals surface area contributed by atoms with Crippen LogP contribution in [0.3, 0.4) is 0 Å². The van der Waals surface area contributed by atoms with E-state index in [-0.39, 0.29) is 21.7 Å². The summed E-state index contributed by atoms with van der Waals surface area (Å²) in [7, 11) is 0. The Labute approximate surface area is 201 Å². The number of nitrogens with one attached hydrogen (secondary N) is 2. The summed E-state index contributed by atoms with van der Waals surface area (Å²) in [5, 5.41) is 5.55. The predicted octanol–water partition coefficient (Wildman–Crippen LogP) is 7.18. The molecule has 6 nitrogen and oxygen atoms in total. The fourth-order valence-electron chi connectivity index (χ4n) is 3.05. The first-order chi connectivity index (χ1) is 16.2. The van der Waals surface area contributed by atoms with Crippen LogP contribution in [0.1, 0.15) is 5.56 Å². The maximum Gasteiger partial charge on any atom is 0.416 e. The average molecular weight is 504 g/mol. The number of rotatable bonds is 4. The van der Waals surface area contributed by atoms with E-state index in [0.717, 1.165) is 12.1 Å². The number of hydrogen-bond acceptors (Lipinski definition) is 4. The Morgan fingerprint density at radius 3 is 2.15 bits per heavy atom. The predicted molar refractivity (Wildman–Crippen MR) is 125 cm³/mol. The van der Waals surface area contributed by atoms with Crippen LogP contribution < -0.4 is 10.6 Å². The normalized spacial score (nSPS) is 11.2. The lowest BCUT2D eigenvalue weighted by Gasteiger charge is -2.10. The number of benzene rings is 2. The second-order valence-corrected chi connectivity index (χ2v) is 7.78. The number of pyridine rings is 1. The lowest BCUT2D eigenvalue weighted by Crippen LogP contribution is -2.19. The quantitative estimate of drug-likeness (QED) is 0.289. The third kappa shape index (κ3) is 5.81. The highest BCUT2D eigenvalue weighted by Crippen LogP contribution is 2.32. The van der Waals surface area contributed by atoms with Crippen LogP contribution in [-0.4, -0.2) is 21.0 Å². The topological polar surface area (TPSA) is 79.8 Å². The molecule has 4 aromatic rings. The molecule has 2 amide bonds. The van der Waals surface area contributed by atoms with Gasteiger partial charge in [-0.3, -0.25) is 0 Å². The molecular formula is C23H14Cl2F3N5O. The molecule has 0 aliphatic heterocycles. The van der Waals surface area contributed by atoms with E-state index in [4.69, 9.17) is 23.2 Å². The maximum absolute atomic E-state index is 13.0. The lowest BCUT2D eigenvalue weighted by atomic mass is 10.1. The van der Waals surface area contributed by atoms with Gasteiger partial charge < -0.3 is 10.6 Å². The second kappa shape index (κ2) is 9.66. The highest BCUT2D eigenvalue weighted by Gasteiger charge is 2.30. The number of carbonyl (C=O) groups excluding carboxylic acids is 1. The maximum atomic E-state index is 13.0. The van der Waals surface area contributed by atoms with Gasteiger partial charge in [0, 0.05) is 28.7 Å². The molecule has 0 aliphatic rings. The number of urea groups is 1. The standard InChI is InChI=1S/C23H14Cl2F3N5O/c24-19-11-17(12-20(25)33-19)31-22(34)30-16-6-4-13(5-7-16)18-8-9-29-21(32-18)14-2-1-3-15(10-14)23(26,27)28/h1-12H,(H2,30,31,33,34). The minimum Gasteiger partial charge on any atom is -0.308 e. The molecule has 172 valence electrons. The Hall–Kier alpha value is -3.69. The molecule has 0 fully saturated rings. The molecule has 0 spiro atoms. The van der Waals surface area contributed by atoms with Crippen LogP contribution in [0, 0.1) is 0 Å². The van der Waals surface area contributed by atoms with Crippen molar-refractivity contribution in [2.24, 2.45) is 0 Å². The van der Waals surface area contributed by atoms with Gasteiger partial charge in [-0.1, -0.05) is 47.5 Å². The van der Waals surface area contributed by atoms with Crippen molar-refractivity contribution < 1.29 is 18.0 Å². The molecule has 2 aromatic heterocycles. The summed E-state index contributed by atoms with van der Waals surface area (Å²) in [4.78, 5) is 24.5. The van der Waals surface area contributed by atoms with E-state index >= 15 is 0 Å². The monoisotopic (exact) mass is 503 g/mol. The van der Waals surface area contributed by atoms with Crippen molar-refractivity contribution in [1.29, 1.82) is 0 Å². The van der Waals surface area contributed by atoms with Crippen LogP contribution in [0.2, 0.25) is 10.3 Å². The zero-order valence-corrected chi connectivity index (χ0v) is 18.6. The van der Waals surface area contributed by atoms with Crippen molar-refractivity contribution in [1.82, 2.24) is 15.0 Å². The molecule has 2 aromatic carbocycles. The molecule has 0 bridgehead atoms. The Balaban J connectivity index is 1.48. The lowest BCUT2D eigenvalue weighted by molar-refractivity contribution is -0.137. The van der Waals surface area contributed by atoms with Crippen molar-refractivity contribution in [3.05, 3.63) is 88.8 Å². The van der Waals surface area contributed by atoms with Crippen LogP contribution in [-0.2, 0) is 6.18 Å². The molecule has 0 unspecified atom stereocenters. The van der Waals surface area contributed by atoms with Crippen molar-refractivity contribution in [2.45, 2.75) is 6.18 Å². The van der Waals surface area contributed by atoms with Crippen molar-refractivity contribution in [2.75, 3.05) is 10.6 Å². The van der Waals surface area contributed by atoms with Gasteiger partial charge in [0.15, 0.2) is 5.82 Å². The summed E-state index contributed by atoms with van der Waals surface area (Å²) >= 11 is 11.6. The summed E-state index contributed by atoms with van der Waals surface area (Å²) in [6.45, 7) is 0. The minimum absolute atomic E-state index is 0.140. The number of carbonyl (C=O) groups is 1. The molecule has 0 saturated heterocycles. The van der Waals surface area contributed by atoms with Crippen molar-refractivity contribution in [3.8, 4) is 22.6 Å². The molecule has 0 aliphatic carbocycles. The van der Waals surface area contributed by atoms with Crippen molar-refractivity contribution >= 4 is 40.6 Å². The van der Waals surface area contributed by atoms with Gasteiger partial charge in [-0.25, -0.2) is 19.7 Å². The van der Waals surface area contributed by atoms with Gasteiger partial charge in [0.1, 0.15) is 10.3 Å². The van der Waals surface area contributed by atoms with E-state index in [2.05, 4.69) is 25.6 Å². The molecule has 4 rings (SSSR count). The largest absolute Gasteiger partial charge is 0.416 e. The first-order valence-corrected chi connectivity index (χ1v) is 10.5. The number of halogens is 5. The van der Waals surface area contributed by atoms with Gasteiger partial charge in [0.2, 0.25) is 0 Å². The van der Waals surface area contributed by atoms with Gasteiger partial charge in [0.05, 0.1) is 11.3 Å². The first kappa shape index (κ1) is 23.5.